The van der Waals surface area contributed by atoms with Crippen molar-refractivity contribution in [2.24, 2.45) is 0 Å². The second-order valence-electron chi connectivity index (χ2n) is 7.26. The maximum atomic E-state index is 12.4. The van der Waals surface area contributed by atoms with Crippen LogP contribution in [-0.4, -0.2) is 25.8 Å². The normalized spacial score (nSPS) is 14.2. The highest BCUT2D eigenvalue weighted by Gasteiger charge is 2.40. The van der Waals surface area contributed by atoms with Crippen molar-refractivity contribution in [2.45, 2.75) is 89.7 Å². The standard InChI is InChI=1S/C26H42O3S/c1-4-7-8-9-10-11-12-13-14-15-16-17-18-19-20-21-22-23-24-30(29)26(5-2,6-3)25(27)28/h7-8,10-11,13-14,16-17,19-20H,4-6,9,12,15,18,21-24H2,1-3H3,(H,27,28)/b8-7-,11-10-,14-13-,17-16-,20-19-. The summed E-state index contributed by atoms with van der Waals surface area (Å²) in [5.74, 6) is -0.456. The van der Waals surface area contributed by atoms with Gasteiger partial charge in [-0.15, -0.1) is 0 Å². The number of unbranched alkanes of at least 4 members (excludes halogenated alkanes) is 2. The van der Waals surface area contributed by atoms with E-state index < -0.39 is 21.5 Å². The predicted molar refractivity (Wildman–Crippen MR) is 132 cm³/mol. The maximum absolute atomic E-state index is 12.4. The zero-order chi connectivity index (χ0) is 22.5. The van der Waals surface area contributed by atoms with Gasteiger partial charge in [0, 0.05) is 16.6 Å². The van der Waals surface area contributed by atoms with E-state index in [1.807, 2.05) is 13.8 Å². The quantitative estimate of drug-likeness (QED) is 0.182. The number of rotatable bonds is 18. The summed E-state index contributed by atoms with van der Waals surface area (Å²) in [5.41, 5.74) is 0. The fraction of sp³-hybridized carbons (Fsp3) is 0.577. The lowest BCUT2D eigenvalue weighted by Gasteiger charge is -2.25. The van der Waals surface area contributed by atoms with E-state index in [9.17, 15) is 14.1 Å². The first-order valence-electron chi connectivity index (χ1n) is 11.4. The molecule has 1 unspecified atom stereocenters. The molecule has 0 bridgehead atoms. The summed E-state index contributed by atoms with van der Waals surface area (Å²) in [6.45, 7) is 5.77. The highest BCUT2D eigenvalue weighted by atomic mass is 32.2. The minimum atomic E-state index is -1.31. The molecule has 0 aromatic heterocycles. The van der Waals surface area contributed by atoms with E-state index in [2.05, 4.69) is 67.7 Å². The number of hydrogen-bond donors (Lipinski definition) is 1. The van der Waals surface area contributed by atoms with Crippen LogP contribution in [0.5, 0.6) is 0 Å². The van der Waals surface area contributed by atoms with Crippen LogP contribution in [0.2, 0.25) is 0 Å². The third-order valence-electron chi connectivity index (χ3n) is 5.08. The smallest absolute Gasteiger partial charge is 0.322 e. The van der Waals surface area contributed by atoms with Crippen molar-refractivity contribution in [3.63, 3.8) is 0 Å². The number of allylic oxidation sites excluding steroid dienone is 10. The predicted octanol–water partition coefficient (Wildman–Crippen LogP) is 7.30. The molecule has 0 aromatic carbocycles. The maximum Gasteiger partial charge on any atom is 0.322 e. The van der Waals surface area contributed by atoms with Gasteiger partial charge in [0.1, 0.15) is 4.75 Å². The molecular formula is C26H42O3S. The molecule has 0 fully saturated rings. The zero-order valence-corrected chi connectivity index (χ0v) is 20.0. The molecule has 0 aliphatic carbocycles. The van der Waals surface area contributed by atoms with Crippen LogP contribution in [0.4, 0.5) is 0 Å². The van der Waals surface area contributed by atoms with Crippen molar-refractivity contribution in [2.75, 3.05) is 5.75 Å². The third kappa shape index (κ3) is 12.8. The van der Waals surface area contributed by atoms with Crippen molar-refractivity contribution in [1.29, 1.82) is 0 Å². The minimum absolute atomic E-state index is 0.417. The van der Waals surface area contributed by atoms with Crippen molar-refractivity contribution in [3.8, 4) is 0 Å². The highest BCUT2D eigenvalue weighted by molar-refractivity contribution is 7.87. The van der Waals surface area contributed by atoms with Gasteiger partial charge >= 0.3 is 5.97 Å². The van der Waals surface area contributed by atoms with Crippen LogP contribution in [0.1, 0.15) is 85.0 Å². The van der Waals surface area contributed by atoms with Gasteiger partial charge in [0.05, 0.1) is 0 Å². The molecule has 30 heavy (non-hydrogen) atoms. The lowest BCUT2D eigenvalue weighted by molar-refractivity contribution is -0.140. The molecule has 170 valence electrons. The Morgan fingerprint density at radius 3 is 1.57 bits per heavy atom. The molecule has 0 saturated carbocycles. The molecule has 0 aliphatic heterocycles. The molecule has 1 N–H and O–H groups in total. The van der Waals surface area contributed by atoms with Crippen LogP contribution in [0, 0.1) is 0 Å². The Bertz CT molecular complexity index is 608. The third-order valence-corrected chi connectivity index (χ3v) is 7.36. The van der Waals surface area contributed by atoms with Crippen LogP contribution >= 0.6 is 0 Å². The lowest BCUT2D eigenvalue weighted by atomic mass is 10.0. The molecular weight excluding hydrogens is 392 g/mol. The average Bonchev–Trinajstić information content (AvgIpc) is 2.74. The Morgan fingerprint density at radius 2 is 1.17 bits per heavy atom. The Morgan fingerprint density at radius 1 is 0.733 bits per heavy atom. The summed E-state index contributed by atoms with van der Waals surface area (Å²) >= 11 is 0. The first kappa shape index (κ1) is 28.3. The molecule has 0 radical (unpaired) electrons. The molecule has 0 amide bonds. The Kier molecular flexibility index (Phi) is 18.2. The van der Waals surface area contributed by atoms with E-state index in [0.29, 0.717) is 18.6 Å². The Balaban J connectivity index is 3.83. The molecule has 4 heteroatoms. The zero-order valence-electron chi connectivity index (χ0n) is 19.2. The Hall–Kier alpha value is -1.68. The van der Waals surface area contributed by atoms with Gasteiger partial charge in [0.15, 0.2) is 0 Å². The van der Waals surface area contributed by atoms with E-state index in [4.69, 9.17) is 0 Å². The fourth-order valence-corrected chi connectivity index (χ4v) is 4.73. The van der Waals surface area contributed by atoms with E-state index in [1.165, 1.54) is 0 Å². The van der Waals surface area contributed by atoms with Gasteiger partial charge in [-0.25, -0.2) is 0 Å². The summed E-state index contributed by atoms with van der Waals surface area (Å²) in [6.07, 6.45) is 30.4. The SMILES string of the molecule is CC/C=C\C/C=C\C/C=C\C/C=C\C/C=C\CCCCS(=O)C(CC)(CC)C(=O)O. The molecule has 0 rings (SSSR count). The van der Waals surface area contributed by atoms with Gasteiger partial charge in [0.25, 0.3) is 0 Å². The molecule has 0 aromatic rings. The second kappa shape index (κ2) is 19.3. The highest BCUT2D eigenvalue weighted by Crippen LogP contribution is 2.25. The first-order valence-corrected chi connectivity index (χ1v) is 12.7. The largest absolute Gasteiger partial charge is 0.480 e. The van der Waals surface area contributed by atoms with E-state index >= 15 is 0 Å². The van der Waals surface area contributed by atoms with E-state index in [1.54, 1.807) is 0 Å². The summed E-state index contributed by atoms with van der Waals surface area (Å²) in [7, 11) is -1.31. The lowest BCUT2D eigenvalue weighted by Crippen LogP contribution is -2.43. The molecule has 0 saturated heterocycles. The van der Waals surface area contributed by atoms with Crippen molar-refractivity contribution in [1.82, 2.24) is 0 Å². The molecule has 0 heterocycles. The summed E-state index contributed by atoms with van der Waals surface area (Å²) in [4.78, 5) is 11.5. The average molecular weight is 435 g/mol. The van der Waals surface area contributed by atoms with Crippen molar-refractivity contribution in [3.05, 3.63) is 60.8 Å². The number of hydrogen-bond acceptors (Lipinski definition) is 2. The Labute approximate surface area is 187 Å². The molecule has 0 aliphatic rings. The number of carboxylic acids is 1. The summed E-state index contributed by atoms with van der Waals surface area (Å²) < 4.78 is 11.4. The van der Waals surface area contributed by atoms with Crippen LogP contribution < -0.4 is 0 Å². The van der Waals surface area contributed by atoms with Crippen LogP contribution in [0.15, 0.2) is 60.8 Å². The molecule has 0 spiro atoms. The van der Waals surface area contributed by atoms with E-state index in [-0.39, 0.29) is 0 Å². The van der Waals surface area contributed by atoms with Gasteiger partial charge in [-0.05, 0) is 64.2 Å². The van der Waals surface area contributed by atoms with Crippen molar-refractivity contribution >= 4 is 16.8 Å². The molecule has 1 atom stereocenters. The van der Waals surface area contributed by atoms with Crippen LogP contribution in [0.3, 0.4) is 0 Å². The van der Waals surface area contributed by atoms with Crippen LogP contribution in [0.25, 0.3) is 0 Å². The fourth-order valence-electron chi connectivity index (χ4n) is 3.03. The second-order valence-corrected chi connectivity index (χ2v) is 9.14. The number of carbonyl (C=O) groups is 1. The van der Waals surface area contributed by atoms with E-state index in [0.717, 1.165) is 51.4 Å². The monoisotopic (exact) mass is 434 g/mol. The van der Waals surface area contributed by atoms with Gasteiger partial charge in [-0.1, -0.05) is 81.5 Å². The summed E-state index contributed by atoms with van der Waals surface area (Å²) in [5, 5.41) is 9.43. The van der Waals surface area contributed by atoms with Crippen LogP contribution in [-0.2, 0) is 15.6 Å². The summed E-state index contributed by atoms with van der Waals surface area (Å²) in [6, 6.07) is 0. The topological polar surface area (TPSA) is 54.4 Å². The van der Waals surface area contributed by atoms with Gasteiger partial charge < -0.3 is 5.11 Å². The number of aliphatic carboxylic acids is 1. The van der Waals surface area contributed by atoms with Gasteiger partial charge in [0.2, 0.25) is 0 Å². The van der Waals surface area contributed by atoms with Gasteiger partial charge in [-0.2, -0.15) is 0 Å². The first-order chi connectivity index (χ1) is 14.5. The minimum Gasteiger partial charge on any atom is -0.480 e. The van der Waals surface area contributed by atoms with Crippen molar-refractivity contribution < 1.29 is 14.1 Å². The van der Waals surface area contributed by atoms with Gasteiger partial charge in [-0.3, -0.25) is 9.00 Å². The molecule has 3 nitrogen and oxygen atoms in total. The number of carboxylic acid groups (broad SMARTS) is 1.